The van der Waals surface area contributed by atoms with E-state index in [9.17, 15) is 4.79 Å². The van der Waals surface area contributed by atoms with Gasteiger partial charge in [-0.25, -0.2) is 0 Å². The number of rotatable bonds is 7. The lowest BCUT2D eigenvalue weighted by Crippen LogP contribution is -2.33. The second-order valence-corrected chi connectivity index (χ2v) is 5.73. The number of hydrogen-bond donors (Lipinski definition) is 1. The number of hydrogen-bond acceptors (Lipinski definition) is 4. The standard InChI is InChI=1S/C15H24ClN3O2/c1-3-13-15(16)14(19(4-2)18-13)9-11(20)10-21-12-5-7-17-8-6-12/h12,17H,3-10H2,1-2H3. The Morgan fingerprint density at radius 1 is 1.43 bits per heavy atom. The minimum absolute atomic E-state index is 0.0627. The van der Waals surface area contributed by atoms with E-state index in [4.69, 9.17) is 16.3 Å². The monoisotopic (exact) mass is 313 g/mol. The highest BCUT2D eigenvalue weighted by molar-refractivity contribution is 6.32. The maximum Gasteiger partial charge on any atom is 0.164 e. The van der Waals surface area contributed by atoms with Crippen LogP contribution in [0.2, 0.25) is 5.02 Å². The van der Waals surface area contributed by atoms with Gasteiger partial charge in [-0.3, -0.25) is 9.48 Å². The Morgan fingerprint density at radius 2 is 2.14 bits per heavy atom. The molecule has 2 rings (SSSR count). The maximum atomic E-state index is 12.1. The maximum absolute atomic E-state index is 12.1. The number of aromatic nitrogens is 2. The van der Waals surface area contributed by atoms with Crippen LogP contribution >= 0.6 is 11.6 Å². The van der Waals surface area contributed by atoms with Crippen LogP contribution in [0.15, 0.2) is 0 Å². The summed E-state index contributed by atoms with van der Waals surface area (Å²) in [5.41, 5.74) is 1.68. The predicted octanol–water partition coefficient (Wildman–Crippen LogP) is 2.00. The van der Waals surface area contributed by atoms with E-state index in [1.807, 2.05) is 18.5 Å². The number of carbonyl (C=O) groups is 1. The molecule has 0 spiro atoms. The molecule has 1 fully saturated rings. The normalized spacial score (nSPS) is 16.3. The third-order valence-corrected chi connectivity index (χ3v) is 4.26. The average molecular weight is 314 g/mol. The summed E-state index contributed by atoms with van der Waals surface area (Å²) in [6.07, 6.45) is 3.22. The van der Waals surface area contributed by atoms with Gasteiger partial charge < -0.3 is 10.1 Å². The van der Waals surface area contributed by atoms with Crippen molar-refractivity contribution < 1.29 is 9.53 Å². The quantitative estimate of drug-likeness (QED) is 0.836. The van der Waals surface area contributed by atoms with E-state index < -0.39 is 0 Å². The van der Waals surface area contributed by atoms with Gasteiger partial charge in [0.15, 0.2) is 5.78 Å². The van der Waals surface area contributed by atoms with Crippen molar-refractivity contribution in [1.82, 2.24) is 15.1 Å². The van der Waals surface area contributed by atoms with E-state index in [-0.39, 0.29) is 18.5 Å². The minimum Gasteiger partial charge on any atom is -0.370 e. The highest BCUT2D eigenvalue weighted by Crippen LogP contribution is 2.22. The van der Waals surface area contributed by atoms with Gasteiger partial charge in [-0.15, -0.1) is 0 Å². The van der Waals surface area contributed by atoms with E-state index in [1.54, 1.807) is 0 Å². The van der Waals surface area contributed by atoms with Gasteiger partial charge in [-0.1, -0.05) is 18.5 Å². The van der Waals surface area contributed by atoms with E-state index >= 15 is 0 Å². The molecule has 2 heterocycles. The Balaban J connectivity index is 1.91. The van der Waals surface area contributed by atoms with Crippen molar-refractivity contribution >= 4 is 17.4 Å². The number of carbonyl (C=O) groups excluding carboxylic acids is 1. The van der Waals surface area contributed by atoms with E-state index in [1.165, 1.54) is 0 Å². The SMILES string of the molecule is CCc1nn(CC)c(CC(=O)COC2CCNCC2)c1Cl. The van der Waals surface area contributed by atoms with E-state index in [2.05, 4.69) is 10.4 Å². The van der Waals surface area contributed by atoms with E-state index in [0.29, 0.717) is 11.4 Å². The Morgan fingerprint density at radius 3 is 2.76 bits per heavy atom. The first-order valence-electron chi connectivity index (χ1n) is 7.73. The zero-order chi connectivity index (χ0) is 15.2. The fraction of sp³-hybridized carbons (Fsp3) is 0.733. The molecule has 1 aliphatic rings. The van der Waals surface area contributed by atoms with Crippen LogP contribution in [0, 0.1) is 0 Å². The van der Waals surface area contributed by atoms with Gasteiger partial charge in [-0.05, 0) is 39.3 Å². The summed E-state index contributed by atoms with van der Waals surface area (Å²) in [6.45, 7) is 6.83. The molecule has 21 heavy (non-hydrogen) atoms. The number of halogens is 1. The molecule has 5 nitrogen and oxygen atoms in total. The van der Waals surface area contributed by atoms with Gasteiger partial charge >= 0.3 is 0 Å². The van der Waals surface area contributed by atoms with Gasteiger partial charge in [0.2, 0.25) is 0 Å². The molecule has 118 valence electrons. The van der Waals surface area contributed by atoms with Gasteiger partial charge in [0.05, 0.1) is 28.9 Å². The van der Waals surface area contributed by atoms with Crippen LogP contribution in [0.25, 0.3) is 0 Å². The molecule has 0 amide bonds. The molecule has 6 heteroatoms. The van der Waals surface area contributed by atoms with Crippen LogP contribution in [0.1, 0.15) is 38.1 Å². The topological polar surface area (TPSA) is 56.2 Å². The van der Waals surface area contributed by atoms with Crippen LogP contribution in [0.4, 0.5) is 0 Å². The van der Waals surface area contributed by atoms with Crippen molar-refractivity contribution in [2.24, 2.45) is 0 Å². The van der Waals surface area contributed by atoms with Crippen LogP contribution in [0.5, 0.6) is 0 Å². The molecule has 0 bridgehead atoms. The largest absolute Gasteiger partial charge is 0.370 e. The molecule has 0 saturated carbocycles. The van der Waals surface area contributed by atoms with Crippen LogP contribution in [-0.2, 0) is 28.9 Å². The molecule has 0 atom stereocenters. The molecule has 0 unspecified atom stereocenters. The van der Waals surface area contributed by atoms with Crippen molar-refractivity contribution in [2.75, 3.05) is 19.7 Å². The van der Waals surface area contributed by atoms with Gasteiger partial charge in [0, 0.05) is 6.54 Å². The smallest absolute Gasteiger partial charge is 0.164 e. The number of piperidine rings is 1. The molecule has 0 aromatic carbocycles. The van der Waals surface area contributed by atoms with Crippen molar-refractivity contribution in [3.05, 3.63) is 16.4 Å². The summed E-state index contributed by atoms with van der Waals surface area (Å²) in [6, 6.07) is 0. The molecule has 0 radical (unpaired) electrons. The first kappa shape index (κ1) is 16.5. The lowest BCUT2D eigenvalue weighted by Gasteiger charge is -2.22. The summed E-state index contributed by atoms with van der Waals surface area (Å²) in [5, 5.41) is 8.35. The zero-order valence-electron chi connectivity index (χ0n) is 12.8. The second-order valence-electron chi connectivity index (χ2n) is 5.35. The number of ketones is 1. The lowest BCUT2D eigenvalue weighted by molar-refractivity contribution is -0.125. The fourth-order valence-electron chi connectivity index (χ4n) is 2.60. The Bertz CT molecular complexity index is 482. The van der Waals surface area contributed by atoms with E-state index in [0.717, 1.165) is 50.3 Å². The summed E-state index contributed by atoms with van der Waals surface area (Å²) in [7, 11) is 0. The summed E-state index contributed by atoms with van der Waals surface area (Å²) in [4.78, 5) is 12.1. The van der Waals surface area contributed by atoms with Gasteiger partial charge in [-0.2, -0.15) is 5.10 Å². The van der Waals surface area contributed by atoms with Crippen LogP contribution in [-0.4, -0.2) is 41.4 Å². The number of Topliss-reactive ketones (excluding diaryl/α,β-unsaturated/α-hetero) is 1. The van der Waals surface area contributed by atoms with Crippen molar-refractivity contribution in [3.63, 3.8) is 0 Å². The van der Waals surface area contributed by atoms with Crippen LogP contribution < -0.4 is 5.32 Å². The summed E-state index contributed by atoms with van der Waals surface area (Å²) in [5.74, 6) is 0.0627. The number of nitrogens with zero attached hydrogens (tertiary/aromatic N) is 2. The molecule has 0 aliphatic carbocycles. The minimum atomic E-state index is 0.0627. The Hall–Kier alpha value is -0.910. The number of aryl methyl sites for hydroxylation is 2. The first-order chi connectivity index (χ1) is 10.2. The summed E-state index contributed by atoms with van der Waals surface area (Å²) >= 11 is 6.32. The predicted molar refractivity (Wildman–Crippen MR) is 82.8 cm³/mol. The third-order valence-electron chi connectivity index (χ3n) is 3.82. The van der Waals surface area contributed by atoms with Crippen LogP contribution in [0.3, 0.4) is 0 Å². The summed E-state index contributed by atoms with van der Waals surface area (Å²) < 4.78 is 7.52. The van der Waals surface area contributed by atoms with Crippen molar-refractivity contribution in [3.8, 4) is 0 Å². The zero-order valence-corrected chi connectivity index (χ0v) is 13.6. The van der Waals surface area contributed by atoms with Gasteiger partial charge in [0.1, 0.15) is 6.61 Å². The molecule has 1 aliphatic heterocycles. The molecule has 1 aromatic rings. The number of nitrogens with one attached hydrogen (secondary N) is 1. The Labute approximate surface area is 131 Å². The van der Waals surface area contributed by atoms with Crippen molar-refractivity contribution in [1.29, 1.82) is 0 Å². The average Bonchev–Trinajstić information content (AvgIpc) is 2.82. The highest BCUT2D eigenvalue weighted by Gasteiger charge is 2.19. The third kappa shape index (κ3) is 4.28. The fourth-order valence-corrected chi connectivity index (χ4v) is 2.93. The van der Waals surface area contributed by atoms with Gasteiger partial charge in [0.25, 0.3) is 0 Å². The van der Waals surface area contributed by atoms with Crippen molar-refractivity contribution in [2.45, 2.75) is 52.2 Å². The molecule has 1 N–H and O–H groups in total. The molecular weight excluding hydrogens is 290 g/mol. The molecule has 1 saturated heterocycles. The highest BCUT2D eigenvalue weighted by atomic mass is 35.5. The second kappa shape index (κ2) is 7.92. The molecule has 1 aromatic heterocycles. The lowest BCUT2D eigenvalue weighted by atomic mass is 10.1. The number of ether oxygens (including phenoxy) is 1. The Kier molecular flexibility index (Phi) is 6.21. The first-order valence-corrected chi connectivity index (χ1v) is 8.11. The molecular formula is C15H24ClN3O2.